The Hall–Kier alpha value is -4.57. The molecule has 2 aromatic heterocycles. The fraction of sp³-hybridized carbons (Fsp3) is 0.185. The number of carbonyl (C=O) groups is 2. The number of hydrogen-bond donors (Lipinski definition) is 5. The Labute approximate surface area is 225 Å². The third-order valence-corrected chi connectivity index (χ3v) is 5.73. The summed E-state index contributed by atoms with van der Waals surface area (Å²) >= 11 is 6.02. The second kappa shape index (κ2) is 12.6. The average Bonchev–Trinajstić information content (AvgIpc) is 3.45. The Morgan fingerprint density at radius 2 is 1.50 bits per heavy atom. The van der Waals surface area contributed by atoms with Crippen molar-refractivity contribution in [3.05, 3.63) is 83.6 Å². The first-order valence-corrected chi connectivity index (χ1v) is 12.4. The predicted octanol–water partition coefficient (Wildman–Crippen LogP) is 3.68. The summed E-state index contributed by atoms with van der Waals surface area (Å²) in [6.45, 7) is 3.06. The molecule has 0 saturated heterocycles. The van der Waals surface area contributed by atoms with Crippen LogP contribution in [0.25, 0.3) is 17.1 Å². The lowest BCUT2D eigenvalue weighted by atomic mass is 10.1. The van der Waals surface area contributed by atoms with Gasteiger partial charge >= 0.3 is 0 Å². The van der Waals surface area contributed by atoms with E-state index in [9.17, 15) is 14.7 Å². The molecular weight excluding hydrogens is 506 g/mol. The molecule has 0 atom stereocenters. The standard InChI is InChI=1S/C27H28ClN7O3/c1-18(36)29-10-11-30-24-17-25(34-26(33-24)19-4-6-20(28)7-5-19)31-12-13-32-27(38)22-16-21(8-9-23(22)37)35-14-2-3-15-35/h2-9,14-17,37H,10-13H2,1H3,(H,29,36)(H,32,38)(H2,30,31,33,34). The Balaban J connectivity index is 1.40. The largest absolute Gasteiger partial charge is 0.507 e. The van der Waals surface area contributed by atoms with E-state index in [1.165, 1.54) is 13.0 Å². The molecule has 0 radical (unpaired) electrons. The topological polar surface area (TPSA) is 133 Å². The second-order valence-electron chi connectivity index (χ2n) is 8.35. The maximum Gasteiger partial charge on any atom is 0.255 e. The van der Waals surface area contributed by atoms with Crippen molar-refractivity contribution in [3.63, 3.8) is 0 Å². The number of amides is 2. The van der Waals surface area contributed by atoms with E-state index in [0.29, 0.717) is 42.1 Å². The maximum atomic E-state index is 12.7. The summed E-state index contributed by atoms with van der Waals surface area (Å²) in [5.41, 5.74) is 1.74. The van der Waals surface area contributed by atoms with E-state index >= 15 is 0 Å². The van der Waals surface area contributed by atoms with Crippen molar-refractivity contribution in [3.8, 4) is 22.8 Å². The minimum absolute atomic E-state index is 0.0928. The fourth-order valence-electron chi connectivity index (χ4n) is 3.62. The minimum Gasteiger partial charge on any atom is -0.507 e. The molecule has 4 rings (SSSR count). The van der Waals surface area contributed by atoms with Crippen molar-refractivity contribution >= 4 is 35.1 Å². The summed E-state index contributed by atoms with van der Waals surface area (Å²) in [5.74, 6) is 1.04. The third-order valence-electron chi connectivity index (χ3n) is 5.48. The summed E-state index contributed by atoms with van der Waals surface area (Å²) < 4.78 is 1.85. The summed E-state index contributed by atoms with van der Waals surface area (Å²) in [4.78, 5) is 33.0. The predicted molar refractivity (Wildman–Crippen MR) is 148 cm³/mol. The van der Waals surface area contributed by atoms with E-state index in [1.807, 2.05) is 41.2 Å². The first kappa shape index (κ1) is 26.5. The van der Waals surface area contributed by atoms with Gasteiger partial charge < -0.3 is 30.9 Å². The summed E-state index contributed by atoms with van der Waals surface area (Å²) in [6.07, 6.45) is 3.72. The molecule has 2 heterocycles. The van der Waals surface area contributed by atoms with Gasteiger partial charge in [-0.25, -0.2) is 9.97 Å². The lowest BCUT2D eigenvalue weighted by Crippen LogP contribution is -2.29. The van der Waals surface area contributed by atoms with E-state index < -0.39 is 0 Å². The lowest BCUT2D eigenvalue weighted by Gasteiger charge is -2.13. The number of phenolic OH excluding ortho intramolecular Hbond substituents is 1. The van der Waals surface area contributed by atoms with Crippen LogP contribution in [0.1, 0.15) is 17.3 Å². The molecule has 0 fully saturated rings. The second-order valence-corrected chi connectivity index (χ2v) is 8.79. The molecule has 0 aliphatic rings. The molecule has 38 heavy (non-hydrogen) atoms. The first-order chi connectivity index (χ1) is 18.4. The molecule has 196 valence electrons. The van der Waals surface area contributed by atoms with Crippen molar-refractivity contribution in [1.29, 1.82) is 0 Å². The molecule has 2 aromatic carbocycles. The Morgan fingerprint density at radius 3 is 2.13 bits per heavy atom. The van der Waals surface area contributed by atoms with E-state index in [4.69, 9.17) is 11.6 Å². The highest BCUT2D eigenvalue weighted by molar-refractivity contribution is 6.30. The number of halogens is 1. The molecule has 0 aliphatic heterocycles. The number of phenols is 1. The van der Waals surface area contributed by atoms with Crippen molar-refractivity contribution in [2.24, 2.45) is 0 Å². The van der Waals surface area contributed by atoms with Crippen molar-refractivity contribution in [1.82, 2.24) is 25.2 Å². The number of nitrogens with zero attached hydrogens (tertiary/aromatic N) is 3. The highest BCUT2D eigenvalue weighted by atomic mass is 35.5. The SMILES string of the molecule is CC(=O)NCCNc1cc(NCCNC(=O)c2cc(-n3cccc3)ccc2O)nc(-c2ccc(Cl)cc2)n1. The summed E-state index contributed by atoms with van der Waals surface area (Å²) in [7, 11) is 0. The number of aromatic hydroxyl groups is 1. The van der Waals surface area contributed by atoms with E-state index in [2.05, 4.69) is 31.2 Å². The zero-order chi connectivity index (χ0) is 26.9. The smallest absolute Gasteiger partial charge is 0.255 e. The van der Waals surface area contributed by atoms with Gasteiger partial charge in [0.2, 0.25) is 5.91 Å². The van der Waals surface area contributed by atoms with Gasteiger partial charge in [0.15, 0.2) is 5.82 Å². The van der Waals surface area contributed by atoms with Crippen LogP contribution in [0.5, 0.6) is 5.75 Å². The number of carbonyl (C=O) groups excluding carboxylic acids is 2. The Bertz CT molecular complexity index is 1390. The van der Waals surface area contributed by atoms with E-state index in [-0.39, 0.29) is 29.7 Å². The van der Waals surface area contributed by atoms with E-state index in [1.54, 1.807) is 30.3 Å². The molecule has 2 amide bonds. The van der Waals surface area contributed by atoms with Gasteiger partial charge in [0.25, 0.3) is 5.91 Å². The molecule has 0 bridgehead atoms. The normalized spacial score (nSPS) is 10.6. The van der Waals surface area contributed by atoms with Gasteiger partial charge in [-0.2, -0.15) is 0 Å². The Kier molecular flexibility index (Phi) is 8.78. The van der Waals surface area contributed by atoms with Crippen LogP contribution < -0.4 is 21.3 Å². The average molecular weight is 534 g/mol. The van der Waals surface area contributed by atoms with Crippen LogP contribution in [0.4, 0.5) is 11.6 Å². The summed E-state index contributed by atoms with van der Waals surface area (Å²) in [6, 6.07) is 17.6. The van der Waals surface area contributed by atoms with Gasteiger partial charge in [-0.15, -0.1) is 0 Å². The van der Waals surface area contributed by atoms with E-state index in [0.717, 1.165) is 11.3 Å². The maximum absolute atomic E-state index is 12.7. The highest BCUT2D eigenvalue weighted by Gasteiger charge is 2.13. The monoisotopic (exact) mass is 533 g/mol. The van der Waals surface area contributed by atoms with Gasteiger partial charge in [0.1, 0.15) is 17.4 Å². The van der Waals surface area contributed by atoms with Gasteiger partial charge in [-0.1, -0.05) is 11.6 Å². The lowest BCUT2D eigenvalue weighted by molar-refractivity contribution is -0.118. The van der Waals surface area contributed by atoms with Crippen LogP contribution in [-0.4, -0.2) is 57.6 Å². The highest BCUT2D eigenvalue weighted by Crippen LogP contribution is 2.23. The first-order valence-electron chi connectivity index (χ1n) is 12.0. The number of anilines is 2. The van der Waals surface area contributed by atoms with Crippen LogP contribution in [0.3, 0.4) is 0 Å². The van der Waals surface area contributed by atoms with Crippen LogP contribution >= 0.6 is 11.6 Å². The Morgan fingerprint density at radius 1 is 0.868 bits per heavy atom. The fourth-order valence-corrected chi connectivity index (χ4v) is 3.75. The van der Waals surface area contributed by atoms with Gasteiger partial charge in [0, 0.05) is 67.8 Å². The molecule has 0 spiro atoms. The van der Waals surface area contributed by atoms with Gasteiger partial charge in [0.05, 0.1) is 5.56 Å². The van der Waals surface area contributed by atoms with Crippen LogP contribution in [-0.2, 0) is 4.79 Å². The number of nitrogens with one attached hydrogen (secondary N) is 4. The quantitative estimate of drug-likeness (QED) is 0.186. The third kappa shape index (κ3) is 7.23. The molecular formula is C27H28ClN7O3. The molecule has 5 N–H and O–H groups in total. The van der Waals surface area contributed by atoms with Crippen molar-refractivity contribution in [2.45, 2.75) is 6.92 Å². The molecule has 10 nitrogen and oxygen atoms in total. The molecule has 4 aromatic rings. The number of hydrogen-bond acceptors (Lipinski definition) is 7. The molecule has 11 heteroatoms. The molecule has 0 unspecified atom stereocenters. The zero-order valence-electron chi connectivity index (χ0n) is 20.7. The van der Waals surface area contributed by atoms with Crippen LogP contribution in [0, 0.1) is 0 Å². The summed E-state index contributed by atoms with van der Waals surface area (Å²) in [5, 5.41) is 22.7. The number of rotatable bonds is 11. The van der Waals surface area contributed by atoms with Crippen LogP contribution in [0.2, 0.25) is 5.02 Å². The number of aromatic nitrogens is 3. The molecule has 0 saturated carbocycles. The zero-order valence-corrected chi connectivity index (χ0v) is 21.5. The minimum atomic E-state index is -0.386. The van der Waals surface area contributed by atoms with Crippen molar-refractivity contribution in [2.75, 3.05) is 36.8 Å². The number of benzene rings is 2. The van der Waals surface area contributed by atoms with Crippen LogP contribution in [0.15, 0.2) is 73.1 Å². The molecule has 0 aliphatic carbocycles. The van der Waals surface area contributed by atoms with Gasteiger partial charge in [-0.05, 0) is 54.6 Å². The van der Waals surface area contributed by atoms with Gasteiger partial charge in [-0.3, -0.25) is 9.59 Å². The van der Waals surface area contributed by atoms with Crippen molar-refractivity contribution < 1.29 is 14.7 Å².